The number of benzene rings is 1. The molecule has 1 aliphatic rings. The quantitative estimate of drug-likeness (QED) is 0.855. The summed E-state index contributed by atoms with van der Waals surface area (Å²) < 4.78 is 4.56. The van der Waals surface area contributed by atoms with Crippen LogP contribution >= 0.6 is 0 Å². The lowest BCUT2D eigenvalue weighted by Crippen LogP contribution is -2.41. The number of rotatable bonds is 3. The molecule has 0 saturated carbocycles. The van der Waals surface area contributed by atoms with Crippen LogP contribution in [0.25, 0.3) is 0 Å². The van der Waals surface area contributed by atoms with Gasteiger partial charge in [0, 0.05) is 24.6 Å². The number of carboxylic acids is 1. The maximum atomic E-state index is 12.0. The average Bonchev–Trinajstić information content (AvgIpc) is 2.91. The first-order chi connectivity index (χ1) is 10.0. The van der Waals surface area contributed by atoms with Crippen molar-refractivity contribution in [2.24, 2.45) is 0 Å². The molecule has 1 unspecified atom stereocenters. The van der Waals surface area contributed by atoms with Crippen LogP contribution in [0.4, 0.5) is 4.79 Å². The molecule has 2 amide bonds. The van der Waals surface area contributed by atoms with Crippen molar-refractivity contribution in [2.45, 2.75) is 18.5 Å². The SMILES string of the molecule is COC(=O)N1C[C@@H](NC(=O)c2ccccc2)CC1C(=O)O. The predicted octanol–water partition coefficient (Wildman–Crippen LogP) is 0.710. The molecule has 1 fully saturated rings. The molecule has 2 N–H and O–H groups in total. The van der Waals surface area contributed by atoms with E-state index >= 15 is 0 Å². The summed E-state index contributed by atoms with van der Waals surface area (Å²) in [4.78, 5) is 35.9. The topological polar surface area (TPSA) is 95.9 Å². The second-order valence-electron chi connectivity index (χ2n) is 4.75. The standard InChI is InChI=1S/C14H16N2O5/c1-21-14(20)16-8-10(7-11(16)13(18)19)15-12(17)9-5-3-2-4-6-9/h2-6,10-11H,7-8H2,1H3,(H,15,17)(H,18,19)/t10-,11?/m0/s1. The van der Waals surface area contributed by atoms with E-state index in [1.807, 2.05) is 0 Å². The second-order valence-corrected chi connectivity index (χ2v) is 4.75. The Morgan fingerprint density at radius 3 is 2.52 bits per heavy atom. The third-order valence-electron chi connectivity index (χ3n) is 3.37. The first-order valence-electron chi connectivity index (χ1n) is 6.46. The van der Waals surface area contributed by atoms with E-state index in [4.69, 9.17) is 5.11 Å². The van der Waals surface area contributed by atoms with Crippen molar-refractivity contribution in [3.05, 3.63) is 35.9 Å². The van der Waals surface area contributed by atoms with Gasteiger partial charge in [-0.2, -0.15) is 0 Å². The summed E-state index contributed by atoms with van der Waals surface area (Å²) in [7, 11) is 1.19. The van der Waals surface area contributed by atoms with Gasteiger partial charge in [-0.15, -0.1) is 0 Å². The van der Waals surface area contributed by atoms with Crippen LogP contribution in [0.3, 0.4) is 0 Å². The number of nitrogens with zero attached hydrogens (tertiary/aromatic N) is 1. The van der Waals surface area contributed by atoms with E-state index in [0.29, 0.717) is 5.56 Å². The smallest absolute Gasteiger partial charge is 0.410 e. The largest absolute Gasteiger partial charge is 0.480 e. The number of methoxy groups -OCH3 is 1. The Hall–Kier alpha value is -2.57. The number of ether oxygens (including phenoxy) is 1. The molecule has 7 nitrogen and oxygen atoms in total. The Labute approximate surface area is 121 Å². The van der Waals surface area contributed by atoms with Gasteiger partial charge in [0.1, 0.15) is 6.04 Å². The molecule has 0 radical (unpaired) electrons. The van der Waals surface area contributed by atoms with Crippen molar-refractivity contribution in [1.82, 2.24) is 10.2 Å². The van der Waals surface area contributed by atoms with Crippen molar-refractivity contribution in [3.8, 4) is 0 Å². The zero-order chi connectivity index (χ0) is 15.4. The average molecular weight is 292 g/mol. The number of hydrogen-bond acceptors (Lipinski definition) is 4. The van der Waals surface area contributed by atoms with Gasteiger partial charge >= 0.3 is 12.1 Å². The van der Waals surface area contributed by atoms with Gasteiger partial charge in [0.15, 0.2) is 0 Å². The summed E-state index contributed by atoms with van der Waals surface area (Å²) in [6.07, 6.45) is -0.554. The number of carbonyl (C=O) groups is 3. The minimum absolute atomic E-state index is 0.113. The molecule has 0 bridgehead atoms. The Morgan fingerprint density at radius 1 is 1.29 bits per heavy atom. The number of amides is 2. The highest BCUT2D eigenvalue weighted by Gasteiger charge is 2.40. The van der Waals surface area contributed by atoms with E-state index in [1.165, 1.54) is 7.11 Å². The molecule has 21 heavy (non-hydrogen) atoms. The van der Waals surface area contributed by atoms with Crippen LogP contribution in [0, 0.1) is 0 Å². The van der Waals surface area contributed by atoms with Crippen molar-refractivity contribution in [3.63, 3.8) is 0 Å². The Morgan fingerprint density at radius 2 is 1.95 bits per heavy atom. The van der Waals surface area contributed by atoms with Crippen LogP contribution in [0.15, 0.2) is 30.3 Å². The zero-order valence-corrected chi connectivity index (χ0v) is 11.5. The van der Waals surface area contributed by atoms with Gasteiger partial charge < -0.3 is 15.2 Å². The molecule has 1 aromatic rings. The van der Waals surface area contributed by atoms with Gasteiger partial charge in [-0.05, 0) is 12.1 Å². The minimum Gasteiger partial charge on any atom is -0.480 e. The first kappa shape index (κ1) is 14.8. The summed E-state index contributed by atoms with van der Waals surface area (Å²) in [5.74, 6) is -1.41. The van der Waals surface area contributed by atoms with Crippen LogP contribution in [0.1, 0.15) is 16.8 Å². The van der Waals surface area contributed by atoms with Gasteiger partial charge in [0.25, 0.3) is 5.91 Å². The molecule has 1 aliphatic heterocycles. The lowest BCUT2D eigenvalue weighted by Gasteiger charge is -2.19. The number of carbonyl (C=O) groups excluding carboxylic acids is 2. The number of likely N-dealkylation sites (tertiary alicyclic amines) is 1. The Balaban J connectivity index is 2.04. The van der Waals surface area contributed by atoms with E-state index in [0.717, 1.165) is 4.90 Å². The zero-order valence-electron chi connectivity index (χ0n) is 11.5. The van der Waals surface area contributed by atoms with Crippen LogP contribution in [0.5, 0.6) is 0 Å². The number of nitrogens with one attached hydrogen (secondary N) is 1. The molecule has 112 valence electrons. The highest BCUT2D eigenvalue weighted by molar-refractivity contribution is 5.94. The van der Waals surface area contributed by atoms with E-state index in [-0.39, 0.29) is 18.9 Å². The molecular formula is C14H16N2O5. The molecule has 0 spiro atoms. The number of aliphatic carboxylic acids is 1. The fourth-order valence-corrected chi connectivity index (χ4v) is 2.35. The van der Waals surface area contributed by atoms with Crippen LogP contribution in [-0.2, 0) is 9.53 Å². The molecule has 0 aliphatic carbocycles. The summed E-state index contributed by atoms with van der Waals surface area (Å²) in [5, 5.41) is 11.9. The van der Waals surface area contributed by atoms with Crippen LogP contribution in [0.2, 0.25) is 0 Å². The highest BCUT2D eigenvalue weighted by Crippen LogP contribution is 2.19. The monoisotopic (exact) mass is 292 g/mol. The molecule has 2 atom stereocenters. The predicted molar refractivity (Wildman–Crippen MR) is 72.8 cm³/mol. The summed E-state index contributed by atoms with van der Waals surface area (Å²) >= 11 is 0. The van der Waals surface area contributed by atoms with E-state index in [9.17, 15) is 14.4 Å². The molecular weight excluding hydrogens is 276 g/mol. The summed E-state index contributed by atoms with van der Waals surface area (Å²) in [5.41, 5.74) is 0.487. The maximum Gasteiger partial charge on any atom is 0.410 e. The van der Waals surface area contributed by atoms with Crippen LogP contribution in [-0.4, -0.2) is 53.7 Å². The van der Waals surface area contributed by atoms with Crippen molar-refractivity contribution < 1.29 is 24.2 Å². The lowest BCUT2D eigenvalue weighted by atomic mass is 10.1. The fraction of sp³-hybridized carbons (Fsp3) is 0.357. The molecule has 1 heterocycles. The van der Waals surface area contributed by atoms with E-state index < -0.39 is 24.1 Å². The fourth-order valence-electron chi connectivity index (χ4n) is 2.35. The van der Waals surface area contributed by atoms with Crippen LogP contribution < -0.4 is 5.32 Å². The van der Waals surface area contributed by atoms with Gasteiger partial charge in [0.05, 0.1) is 7.11 Å². The molecule has 1 aromatic carbocycles. The highest BCUT2D eigenvalue weighted by atomic mass is 16.5. The van der Waals surface area contributed by atoms with Gasteiger partial charge in [0.2, 0.25) is 0 Å². The number of carboxylic acid groups (broad SMARTS) is 1. The molecule has 1 saturated heterocycles. The number of hydrogen-bond donors (Lipinski definition) is 2. The van der Waals surface area contributed by atoms with Gasteiger partial charge in [-0.3, -0.25) is 9.69 Å². The van der Waals surface area contributed by atoms with Gasteiger partial charge in [-0.25, -0.2) is 9.59 Å². The van der Waals surface area contributed by atoms with Crippen molar-refractivity contribution in [2.75, 3.05) is 13.7 Å². The molecule has 7 heteroatoms. The van der Waals surface area contributed by atoms with Gasteiger partial charge in [-0.1, -0.05) is 18.2 Å². The third-order valence-corrected chi connectivity index (χ3v) is 3.37. The van der Waals surface area contributed by atoms with E-state index in [2.05, 4.69) is 10.1 Å². The maximum absolute atomic E-state index is 12.0. The molecule has 0 aromatic heterocycles. The Bertz CT molecular complexity index is 546. The van der Waals surface area contributed by atoms with E-state index in [1.54, 1.807) is 30.3 Å². The Kier molecular flexibility index (Phi) is 4.42. The summed E-state index contributed by atoms with van der Waals surface area (Å²) in [6.45, 7) is 0.113. The second kappa shape index (κ2) is 6.25. The van der Waals surface area contributed by atoms with Crippen molar-refractivity contribution >= 4 is 18.0 Å². The molecule has 2 rings (SSSR count). The first-order valence-corrected chi connectivity index (χ1v) is 6.46. The minimum atomic E-state index is -1.11. The normalized spacial score (nSPS) is 20.9. The lowest BCUT2D eigenvalue weighted by molar-refractivity contribution is -0.141. The summed E-state index contributed by atoms with van der Waals surface area (Å²) in [6, 6.07) is 7.20. The van der Waals surface area contributed by atoms with Crippen molar-refractivity contribution in [1.29, 1.82) is 0 Å². The third kappa shape index (κ3) is 3.31.